The molecule has 26 heavy (non-hydrogen) atoms. The van der Waals surface area contributed by atoms with Gasteiger partial charge in [0.2, 0.25) is 5.91 Å². The summed E-state index contributed by atoms with van der Waals surface area (Å²) in [5.74, 6) is 0.222. The molecule has 1 unspecified atom stereocenters. The predicted molar refractivity (Wildman–Crippen MR) is 104 cm³/mol. The topological polar surface area (TPSA) is 25.2 Å². The number of carbonyl (C=O) groups excluding carboxylic acids is 1. The van der Waals surface area contributed by atoms with Crippen molar-refractivity contribution in [3.8, 4) is 0 Å². The lowest BCUT2D eigenvalue weighted by molar-refractivity contribution is -0.132. The molecule has 0 N–H and O–H groups in total. The van der Waals surface area contributed by atoms with Gasteiger partial charge in [-0.1, -0.05) is 54.1 Å². The molecule has 1 amide bonds. The Kier molecular flexibility index (Phi) is 4.61. The molecule has 3 heteroatoms. The van der Waals surface area contributed by atoms with Crippen LogP contribution >= 0.6 is 0 Å². The molecule has 0 saturated heterocycles. The van der Waals surface area contributed by atoms with E-state index in [9.17, 15) is 4.79 Å². The van der Waals surface area contributed by atoms with Crippen molar-refractivity contribution in [2.24, 2.45) is 0 Å². The van der Waals surface area contributed by atoms with Gasteiger partial charge in [-0.3, -0.25) is 4.79 Å². The fourth-order valence-electron chi connectivity index (χ4n) is 3.83. The van der Waals surface area contributed by atoms with Crippen LogP contribution in [0.15, 0.2) is 73.1 Å². The summed E-state index contributed by atoms with van der Waals surface area (Å²) in [6, 6.07) is 21.0. The Hall–Kier alpha value is -2.81. The fraction of sp³-hybridized carbons (Fsp3) is 0.261. The Morgan fingerprint density at radius 2 is 1.77 bits per heavy atom. The molecule has 1 aliphatic rings. The fourth-order valence-corrected chi connectivity index (χ4v) is 3.83. The van der Waals surface area contributed by atoms with Crippen molar-refractivity contribution in [3.05, 3.63) is 95.3 Å². The van der Waals surface area contributed by atoms with E-state index in [-0.39, 0.29) is 11.9 Å². The number of carbonyl (C=O) groups is 1. The summed E-state index contributed by atoms with van der Waals surface area (Å²) in [5.41, 5.74) is 5.06. The van der Waals surface area contributed by atoms with Crippen LogP contribution in [0.4, 0.5) is 0 Å². The summed E-state index contributed by atoms with van der Waals surface area (Å²) in [6.45, 7) is 3.63. The van der Waals surface area contributed by atoms with Gasteiger partial charge < -0.3 is 9.47 Å². The van der Waals surface area contributed by atoms with Crippen molar-refractivity contribution < 1.29 is 4.79 Å². The van der Waals surface area contributed by atoms with Crippen LogP contribution in [0.3, 0.4) is 0 Å². The quantitative estimate of drug-likeness (QED) is 0.690. The monoisotopic (exact) mass is 344 g/mol. The Labute approximate surface area is 154 Å². The first-order valence-electron chi connectivity index (χ1n) is 9.24. The minimum absolute atomic E-state index is 0.0366. The molecule has 0 radical (unpaired) electrons. The first-order chi connectivity index (χ1) is 12.7. The second-order valence-corrected chi connectivity index (χ2v) is 7.10. The Bertz CT molecular complexity index is 898. The molecule has 2 aromatic carbocycles. The van der Waals surface area contributed by atoms with Gasteiger partial charge in [-0.15, -0.1) is 0 Å². The van der Waals surface area contributed by atoms with Gasteiger partial charge in [-0.05, 0) is 42.2 Å². The van der Waals surface area contributed by atoms with E-state index < -0.39 is 0 Å². The molecular formula is C23H24N2O. The zero-order valence-electron chi connectivity index (χ0n) is 15.1. The number of rotatable bonds is 4. The van der Waals surface area contributed by atoms with Crippen molar-refractivity contribution in [1.29, 1.82) is 0 Å². The second kappa shape index (κ2) is 7.20. The maximum absolute atomic E-state index is 13.1. The number of hydrogen-bond acceptors (Lipinski definition) is 1. The van der Waals surface area contributed by atoms with Crippen molar-refractivity contribution >= 4 is 5.91 Å². The van der Waals surface area contributed by atoms with Gasteiger partial charge in [0, 0.05) is 25.5 Å². The molecule has 3 aromatic rings. The Balaban J connectivity index is 1.56. The third-order valence-corrected chi connectivity index (χ3v) is 5.27. The summed E-state index contributed by atoms with van der Waals surface area (Å²) in [6.07, 6.45) is 5.53. The van der Waals surface area contributed by atoms with E-state index in [2.05, 4.69) is 60.0 Å². The zero-order valence-corrected chi connectivity index (χ0v) is 15.1. The van der Waals surface area contributed by atoms with Gasteiger partial charge in [-0.2, -0.15) is 0 Å². The third-order valence-electron chi connectivity index (χ3n) is 5.27. The molecule has 0 saturated carbocycles. The molecule has 0 bridgehead atoms. The molecule has 3 nitrogen and oxygen atoms in total. The maximum Gasteiger partial charge on any atom is 0.225 e. The van der Waals surface area contributed by atoms with Crippen molar-refractivity contribution in [3.63, 3.8) is 0 Å². The van der Waals surface area contributed by atoms with Gasteiger partial charge in [0.25, 0.3) is 0 Å². The van der Waals surface area contributed by atoms with Crippen LogP contribution in [-0.2, 0) is 17.8 Å². The highest BCUT2D eigenvalue weighted by Crippen LogP contribution is 2.26. The number of amides is 1. The minimum Gasteiger partial charge on any atom is -0.346 e. The largest absolute Gasteiger partial charge is 0.346 e. The van der Waals surface area contributed by atoms with Gasteiger partial charge >= 0.3 is 0 Å². The van der Waals surface area contributed by atoms with Crippen LogP contribution < -0.4 is 0 Å². The Morgan fingerprint density at radius 3 is 2.54 bits per heavy atom. The number of aryl methyl sites for hydroxylation is 1. The molecule has 0 fully saturated rings. The van der Waals surface area contributed by atoms with Crippen LogP contribution in [0.5, 0.6) is 0 Å². The SMILES string of the molecule is Cc1cccc(C(CC(=O)N2CCc3ccccc3C2)n2cccc2)c1. The highest BCUT2D eigenvalue weighted by molar-refractivity contribution is 5.77. The van der Waals surface area contributed by atoms with Gasteiger partial charge in [-0.25, -0.2) is 0 Å². The first kappa shape index (κ1) is 16.6. The van der Waals surface area contributed by atoms with Gasteiger partial charge in [0.05, 0.1) is 12.5 Å². The normalized spacial score (nSPS) is 14.7. The van der Waals surface area contributed by atoms with E-state index in [0.29, 0.717) is 6.42 Å². The summed E-state index contributed by atoms with van der Waals surface area (Å²) in [4.78, 5) is 15.1. The molecule has 2 heterocycles. The lowest BCUT2D eigenvalue weighted by atomic mass is 9.97. The predicted octanol–water partition coefficient (Wildman–Crippen LogP) is 4.36. The summed E-state index contributed by atoms with van der Waals surface area (Å²) >= 11 is 0. The van der Waals surface area contributed by atoms with Crippen molar-refractivity contribution in [2.75, 3.05) is 6.54 Å². The number of benzene rings is 2. The number of hydrogen-bond donors (Lipinski definition) is 0. The van der Waals surface area contributed by atoms with Crippen molar-refractivity contribution in [2.45, 2.75) is 32.4 Å². The number of nitrogens with zero attached hydrogens (tertiary/aromatic N) is 2. The first-order valence-corrected chi connectivity index (χ1v) is 9.24. The molecule has 132 valence electrons. The van der Waals surface area contributed by atoms with Gasteiger partial charge in [0.15, 0.2) is 0 Å². The maximum atomic E-state index is 13.1. The molecule has 1 aliphatic heterocycles. The molecule has 1 atom stereocenters. The summed E-state index contributed by atoms with van der Waals surface area (Å²) in [5, 5.41) is 0. The Morgan fingerprint density at radius 1 is 1.00 bits per heavy atom. The third kappa shape index (κ3) is 3.43. The smallest absolute Gasteiger partial charge is 0.225 e. The van der Waals surface area contributed by atoms with E-state index in [0.717, 1.165) is 19.5 Å². The zero-order chi connectivity index (χ0) is 17.9. The second-order valence-electron chi connectivity index (χ2n) is 7.10. The number of fused-ring (bicyclic) bond motifs is 1. The summed E-state index contributed by atoms with van der Waals surface area (Å²) < 4.78 is 2.14. The standard InChI is InChI=1S/C23H24N2O/c1-18-7-6-10-20(15-18)22(24-12-4-5-13-24)16-23(26)25-14-11-19-8-2-3-9-21(19)17-25/h2-10,12-13,15,22H,11,14,16-17H2,1H3. The molecular weight excluding hydrogens is 320 g/mol. The van der Waals surface area contributed by atoms with Crippen LogP contribution in [0, 0.1) is 6.92 Å². The van der Waals surface area contributed by atoms with E-state index >= 15 is 0 Å². The van der Waals surface area contributed by atoms with Crippen molar-refractivity contribution in [1.82, 2.24) is 9.47 Å². The van der Waals surface area contributed by atoms with E-state index in [4.69, 9.17) is 0 Å². The average molecular weight is 344 g/mol. The lowest BCUT2D eigenvalue weighted by Gasteiger charge is -2.30. The number of aromatic nitrogens is 1. The molecule has 0 aliphatic carbocycles. The van der Waals surface area contributed by atoms with Crippen LogP contribution in [0.2, 0.25) is 0 Å². The minimum atomic E-state index is 0.0366. The average Bonchev–Trinajstić information content (AvgIpc) is 3.20. The van der Waals surface area contributed by atoms with E-state index in [1.54, 1.807) is 0 Å². The van der Waals surface area contributed by atoms with E-state index in [1.807, 2.05) is 29.4 Å². The van der Waals surface area contributed by atoms with Crippen LogP contribution in [0.25, 0.3) is 0 Å². The molecule has 1 aromatic heterocycles. The highest BCUT2D eigenvalue weighted by Gasteiger charge is 2.24. The highest BCUT2D eigenvalue weighted by atomic mass is 16.2. The molecule has 0 spiro atoms. The van der Waals surface area contributed by atoms with Crippen LogP contribution in [-0.4, -0.2) is 21.9 Å². The molecule has 4 rings (SSSR count). The van der Waals surface area contributed by atoms with Gasteiger partial charge in [0.1, 0.15) is 0 Å². The lowest BCUT2D eigenvalue weighted by Crippen LogP contribution is -2.37. The van der Waals surface area contributed by atoms with Crippen LogP contribution in [0.1, 0.15) is 34.7 Å². The summed E-state index contributed by atoms with van der Waals surface area (Å²) in [7, 11) is 0. The van der Waals surface area contributed by atoms with E-state index in [1.165, 1.54) is 22.3 Å².